The van der Waals surface area contributed by atoms with E-state index in [0.717, 1.165) is 19.8 Å². The van der Waals surface area contributed by atoms with E-state index < -0.39 is 0 Å². The lowest BCUT2D eigenvalue weighted by Crippen LogP contribution is -2.37. The van der Waals surface area contributed by atoms with Gasteiger partial charge >= 0.3 is 0 Å². The molecule has 1 heterocycles. The van der Waals surface area contributed by atoms with Gasteiger partial charge in [-0.1, -0.05) is 19.8 Å². The summed E-state index contributed by atoms with van der Waals surface area (Å²) in [5.74, 6) is 0. The smallest absolute Gasteiger partial charge is 0.0471 e. The number of unbranched alkanes of at least 4 members (excludes halogenated alkanes) is 1. The molecular formula is C11H23NO. The van der Waals surface area contributed by atoms with Crippen LogP contribution in [0.3, 0.4) is 0 Å². The molecular weight excluding hydrogens is 162 g/mol. The van der Waals surface area contributed by atoms with E-state index in [-0.39, 0.29) is 0 Å². The lowest BCUT2D eigenvalue weighted by Gasteiger charge is -2.37. The summed E-state index contributed by atoms with van der Waals surface area (Å²) in [4.78, 5) is 0. The van der Waals surface area contributed by atoms with Crippen LogP contribution < -0.4 is 5.32 Å². The molecule has 1 saturated heterocycles. The number of rotatable bonds is 5. The Morgan fingerprint density at radius 1 is 1.31 bits per heavy atom. The van der Waals surface area contributed by atoms with Crippen molar-refractivity contribution >= 4 is 0 Å². The normalized spacial score (nSPS) is 21.7. The highest BCUT2D eigenvalue weighted by Gasteiger charge is 2.30. The predicted octanol–water partition coefficient (Wildman–Crippen LogP) is 2.19. The monoisotopic (exact) mass is 185 g/mol. The van der Waals surface area contributed by atoms with Gasteiger partial charge in [0.2, 0.25) is 0 Å². The van der Waals surface area contributed by atoms with Crippen molar-refractivity contribution in [2.24, 2.45) is 5.41 Å². The highest BCUT2D eigenvalue weighted by Crippen LogP contribution is 2.34. The van der Waals surface area contributed by atoms with Gasteiger partial charge in [-0.05, 0) is 31.7 Å². The van der Waals surface area contributed by atoms with Gasteiger partial charge < -0.3 is 10.1 Å². The van der Waals surface area contributed by atoms with Gasteiger partial charge in [0.25, 0.3) is 0 Å². The molecule has 0 spiro atoms. The molecule has 1 aliphatic heterocycles. The summed E-state index contributed by atoms with van der Waals surface area (Å²) in [7, 11) is 2.06. The minimum atomic E-state index is 0.545. The molecule has 0 aromatic heterocycles. The van der Waals surface area contributed by atoms with Crippen molar-refractivity contribution in [2.45, 2.75) is 39.0 Å². The zero-order chi connectivity index (χ0) is 9.57. The second-order valence-corrected chi connectivity index (χ2v) is 4.25. The quantitative estimate of drug-likeness (QED) is 0.709. The maximum absolute atomic E-state index is 5.42. The van der Waals surface area contributed by atoms with Crippen molar-refractivity contribution in [1.29, 1.82) is 0 Å². The Morgan fingerprint density at radius 2 is 2.00 bits per heavy atom. The van der Waals surface area contributed by atoms with Crippen LogP contribution in [0, 0.1) is 5.41 Å². The Balaban J connectivity index is 2.40. The summed E-state index contributed by atoms with van der Waals surface area (Å²) in [6.07, 6.45) is 6.53. The van der Waals surface area contributed by atoms with E-state index in [1.807, 2.05) is 0 Å². The molecule has 0 bridgehead atoms. The van der Waals surface area contributed by atoms with Gasteiger partial charge in [0.05, 0.1) is 0 Å². The highest BCUT2D eigenvalue weighted by molar-refractivity contribution is 4.83. The van der Waals surface area contributed by atoms with Gasteiger partial charge in [-0.2, -0.15) is 0 Å². The molecule has 0 atom stereocenters. The predicted molar refractivity (Wildman–Crippen MR) is 55.9 cm³/mol. The highest BCUT2D eigenvalue weighted by atomic mass is 16.5. The first-order valence-corrected chi connectivity index (χ1v) is 5.55. The molecule has 0 radical (unpaired) electrons. The van der Waals surface area contributed by atoms with Crippen LogP contribution in [-0.2, 0) is 4.74 Å². The largest absolute Gasteiger partial charge is 0.381 e. The third-order valence-electron chi connectivity index (χ3n) is 3.17. The van der Waals surface area contributed by atoms with E-state index in [1.54, 1.807) is 0 Å². The molecule has 0 aromatic carbocycles. The maximum atomic E-state index is 5.42. The van der Waals surface area contributed by atoms with Crippen LogP contribution in [0.4, 0.5) is 0 Å². The number of nitrogens with one attached hydrogen (secondary N) is 1. The van der Waals surface area contributed by atoms with Crippen LogP contribution in [0.2, 0.25) is 0 Å². The van der Waals surface area contributed by atoms with E-state index in [9.17, 15) is 0 Å². The molecule has 13 heavy (non-hydrogen) atoms. The summed E-state index contributed by atoms with van der Waals surface area (Å²) in [5, 5.41) is 3.33. The lowest BCUT2D eigenvalue weighted by molar-refractivity contribution is 0.0103. The Morgan fingerprint density at radius 3 is 2.54 bits per heavy atom. The summed E-state index contributed by atoms with van der Waals surface area (Å²) in [6, 6.07) is 0. The molecule has 0 amide bonds. The van der Waals surface area contributed by atoms with E-state index in [2.05, 4.69) is 19.3 Å². The first kappa shape index (κ1) is 11.0. The molecule has 2 heteroatoms. The van der Waals surface area contributed by atoms with E-state index in [0.29, 0.717) is 5.41 Å². The van der Waals surface area contributed by atoms with Crippen LogP contribution in [0.25, 0.3) is 0 Å². The zero-order valence-electron chi connectivity index (χ0n) is 9.07. The van der Waals surface area contributed by atoms with Crippen LogP contribution in [0.1, 0.15) is 39.0 Å². The maximum Gasteiger partial charge on any atom is 0.0471 e. The Kier molecular flexibility index (Phi) is 4.74. The van der Waals surface area contributed by atoms with Crippen molar-refractivity contribution < 1.29 is 4.74 Å². The Labute approximate surface area is 82.0 Å². The zero-order valence-corrected chi connectivity index (χ0v) is 9.07. The standard InChI is InChI=1S/C11H23NO/c1-3-4-5-11(10-12-2)6-8-13-9-7-11/h12H,3-10H2,1-2H3. The van der Waals surface area contributed by atoms with Crippen molar-refractivity contribution in [3.05, 3.63) is 0 Å². The minimum absolute atomic E-state index is 0.545. The van der Waals surface area contributed by atoms with Crippen molar-refractivity contribution in [1.82, 2.24) is 5.32 Å². The first-order valence-electron chi connectivity index (χ1n) is 5.55. The average Bonchev–Trinajstić information content (AvgIpc) is 2.17. The topological polar surface area (TPSA) is 21.3 Å². The molecule has 0 saturated carbocycles. The molecule has 1 rings (SSSR count). The molecule has 2 nitrogen and oxygen atoms in total. The Bertz CT molecular complexity index is 125. The van der Waals surface area contributed by atoms with E-state index in [1.165, 1.54) is 32.1 Å². The van der Waals surface area contributed by atoms with Gasteiger partial charge in [-0.25, -0.2) is 0 Å². The van der Waals surface area contributed by atoms with Crippen LogP contribution in [-0.4, -0.2) is 26.8 Å². The summed E-state index contributed by atoms with van der Waals surface area (Å²) >= 11 is 0. The second kappa shape index (κ2) is 5.61. The van der Waals surface area contributed by atoms with E-state index in [4.69, 9.17) is 4.74 Å². The van der Waals surface area contributed by atoms with Crippen molar-refractivity contribution in [3.63, 3.8) is 0 Å². The Hall–Kier alpha value is -0.0800. The molecule has 1 aliphatic rings. The lowest BCUT2D eigenvalue weighted by atomic mass is 9.76. The van der Waals surface area contributed by atoms with Gasteiger partial charge in [0.15, 0.2) is 0 Å². The minimum Gasteiger partial charge on any atom is -0.381 e. The molecule has 1 N–H and O–H groups in total. The SMILES string of the molecule is CCCCC1(CNC)CCOCC1. The summed E-state index contributed by atoms with van der Waals surface area (Å²) in [5.41, 5.74) is 0.545. The fourth-order valence-corrected chi connectivity index (χ4v) is 2.25. The van der Waals surface area contributed by atoms with Crippen LogP contribution in [0.5, 0.6) is 0 Å². The van der Waals surface area contributed by atoms with Gasteiger partial charge in [-0.15, -0.1) is 0 Å². The van der Waals surface area contributed by atoms with Crippen LogP contribution in [0.15, 0.2) is 0 Å². The number of hydrogen-bond donors (Lipinski definition) is 1. The third kappa shape index (κ3) is 3.28. The van der Waals surface area contributed by atoms with Crippen LogP contribution >= 0.6 is 0 Å². The van der Waals surface area contributed by atoms with Gasteiger partial charge in [-0.3, -0.25) is 0 Å². The summed E-state index contributed by atoms with van der Waals surface area (Å²) in [6.45, 7) is 5.36. The summed E-state index contributed by atoms with van der Waals surface area (Å²) < 4.78 is 5.42. The fraction of sp³-hybridized carbons (Fsp3) is 1.00. The average molecular weight is 185 g/mol. The second-order valence-electron chi connectivity index (χ2n) is 4.25. The first-order chi connectivity index (χ1) is 6.33. The molecule has 0 unspecified atom stereocenters. The molecule has 1 fully saturated rings. The van der Waals surface area contributed by atoms with E-state index >= 15 is 0 Å². The van der Waals surface area contributed by atoms with Crippen molar-refractivity contribution in [3.8, 4) is 0 Å². The number of hydrogen-bond acceptors (Lipinski definition) is 2. The van der Waals surface area contributed by atoms with Gasteiger partial charge in [0, 0.05) is 19.8 Å². The molecule has 0 aromatic rings. The molecule has 0 aliphatic carbocycles. The van der Waals surface area contributed by atoms with Crippen molar-refractivity contribution in [2.75, 3.05) is 26.8 Å². The third-order valence-corrected chi connectivity index (χ3v) is 3.17. The molecule has 78 valence electrons. The fourth-order valence-electron chi connectivity index (χ4n) is 2.25. The number of ether oxygens (including phenoxy) is 1. The van der Waals surface area contributed by atoms with Gasteiger partial charge in [0.1, 0.15) is 0 Å².